The highest BCUT2D eigenvalue weighted by molar-refractivity contribution is 5.37. The number of hydrogen-bond donors (Lipinski definition) is 2. The van der Waals surface area contributed by atoms with Crippen LogP contribution in [0.2, 0.25) is 0 Å². The first-order valence-corrected chi connectivity index (χ1v) is 9.34. The molecule has 0 bridgehead atoms. The van der Waals surface area contributed by atoms with E-state index in [1.165, 1.54) is 49.6 Å². The topological polar surface area (TPSA) is 76.6 Å². The van der Waals surface area contributed by atoms with Crippen LogP contribution >= 0.6 is 0 Å². The van der Waals surface area contributed by atoms with Gasteiger partial charge in [0.1, 0.15) is 17.2 Å². The van der Waals surface area contributed by atoms with E-state index in [0.717, 1.165) is 27.3 Å². The second kappa shape index (κ2) is 8.75. The standard InChI is InChI=1S/C21H19F5N2O4/c1-13(20(31,12-29)16-4-2-3-5-17(16)22)27-10-11-28(19(27)30)14-6-8-15(9-7-14)32-21(25,26)18(23)24/h2-11,13,18,29,31H,12H2,1H3/t13-,20-/m1/s1. The lowest BCUT2D eigenvalue weighted by Crippen LogP contribution is -2.43. The summed E-state index contributed by atoms with van der Waals surface area (Å²) in [6.45, 7) is 0.537. The van der Waals surface area contributed by atoms with E-state index in [9.17, 15) is 37.0 Å². The number of rotatable bonds is 8. The molecule has 32 heavy (non-hydrogen) atoms. The van der Waals surface area contributed by atoms with Gasteiger partial charge in [0, 0.05) is 18.0 Å². The van der Waals surface area contributed by atoms with Crippen molar-refractivity contribution in [1.82, 2.24) is 9.13 Å². The third-order valence-corrected chi connectivity index (χ3v) is 5.12. The Morgan fingerprint density at radius 3 is 2.25 bits per heavy atom. The van der Waals surface area contributed by atoms with Crippen molar-refractivity contribution in [3.63, 3.8) is 0 Å². The van der Waals surface area contributed by atoms with E-state index in [0.29, 0.717) is 0 Å². The SMILES string of the molecule is C[C@@H](n1ccn(-c2ccc(OC(F)(F)C(F)F)cc2)c1=O)[C@](O)(CO)c1ccccc1F. The van der Waals surface area contributed by atoms with Gasteiger partial charge in [-0.25, -0.2) is 9.18 Å². The average molecular weight is 458 g/mol. The molecule has 2 N–H and O–H groups in total. The Balaban J connectivity index is 1.91. The van der Waals surface area contributed by atoms with Crippen molar-refractivity contribution in [2.75, 3.05) is 6.61 Å². The molecule has 0 saturated carbocycles. The fourth-order valence-corrected chi connectivity index (χ4v) is 3.24. The van der Waals surface area contributed by atoms with Gasteiger partial charge in [0.05, 0.1) is 18.3 Å². The molecule has 0 radical (unpaired) electrons. The molecule has 0 amide bonds. The zero-order chi connectivity index (χ0) is 23.7. The van der Waals surface area contributed by atoms with Gasteiger partial charge in [-0.2, -0.15) is 17.6 Å². The molecule has 1 heterocycles. The number of aliphatic hydroxyl groups excluding tert-OH is 1. The van der Waals surface area contributed by atoms with E-state index in [2.05, 4.69) is 4.74 Å². The molecule has 11 heteroatoms. The molecule has 3 rings (SSSR count). The van der Waals surface area contributed by atoms with E-state index in [1.54, 1.807) is 0 Å². The Morgan fingerprint density at radius 1 is 1.06 bits per heavy atom. The summed E-state index contributed by atoms with van der Waals surface area (Å²) in [5.41, 5.74) is -2.82. The number of halogens is 5. The molecule has 1 aromatic heterocycles. The van der Waals surface area contributed by atoms with E-state index in [1.807, 2.05) is 0 Å². The summed E-state index contributed by atoms with van der Waals surface area (Å²) in [6.07, 6.45) is -6.08. The summed E-state index contributed by atoms with van der Waals surface area (Å²) in [6, 6.07) is 8.55. The van der Waals surface area contributed by atoms with Crippen LogP contribution < -0.4 is 10.4 Å². The molecule has 0 spiro atoms. The maximum atomic E-state index is 14.2. The molecule has 0 aliphatic heterocycles. The van der Waals surface area contributed by atoms with Crippen LogP contribution in [0.15, 0.2) is 65.7 Å². The molecule has 6 nitrogen and oxygen atoms in total. The minimum absolute atomic E-state index is 0.187. The zero-order valence-corrected chi connectivity index (χ0v) is 16.6. The Labute approximate surface area is 178 Å². The van der Waals surface area contributed by atoms with Gasteiger partial charge in [0.15, 0.2) is 0 Å². The van der Waals surface area contributed by atoms with Crippen molar-refractivity contribution < 1.29 is 36.9 Å². The van der Waals surface area contributed by atoms with Gasteiger partial charge in [-0.3, -0.25) is 9.13 Å². The van der Waals surface area contributed by atoms with Crippen LogP contribution in [0.1, 0.15) is 18.5 Å². The number of ether oxygens (including phenoxy) is 1. The largest absolute Gasteiger partial charge is 0.461 e. The lowest BCUT2D eigenvalue weighted by Gasteiger charge is -2.33. The van der Waals surface area contributed by atoms with Gasteiger partial charge in [0.25, 0.3) is 0 Å². The second-order valence-electron chi connectivity index (χ2n) is 7.05. The van der Waals surface area contributed by atoms with Crippen molar-refractivity contribution in [3.05, 3.63) is 82.8 Å². The van der Waals surface area contributed by atoms with Gasteiger partial charge in [0.2, 0.25) is 0 Å². The Kier molecular flexibility index (Phi) is 6.42. The monoisotopic (exact) mass is 458 g/mol. The van der Waals surface area contributed by atoms with Crippen molar-refractivity contribution in [1.29, 1.82) is 0 Å². The van der Waals surface area contributed by atoms with Crippen LogP contribution in [0.25, 0.3) is 5.69 Å². The van der Waals surface area contributed by atoms with Crippen LogP contribution in [-0.2, 0) is 5.60 Å². The minimum Gasteiger partial charge on any atom is -0.428 e. The summed E-state index contributed by atoms with van der Waals surface area (Å²) in [7, 11) is 0. The highest BCUT2D eigenvalue weighted by atomic mass is 19.3. The number of benzene rings is 2. The molecular weight excluding hydrogens is 439 g/mol. The quantitative estimate of drug-likeness (QED) is 0.507. The molecule has 0 unspecified atom stereocenters. The number of alkyl halides is 4. The molecule has 0 fully saturated rings. The average Bonchev–Trinajstić information content (AvgIpc) is 3.14. The first-order valence-electron chi connectivity index (χ1n) is 9.34. The van der Waals surface area contributed by atoms with Crippen LogP contribution in [0.3, 0.4) is 0 Å². The molecule has 0 aliphatic rings. The van der Waals surface area contributed by atoms with Crippen molar-refractivity contribution in [2.24, 2.45) is 0 Å². The number of aliphatic hydroxyl groups is 2. The van der Waals surface area contributed by atoms with Gasteiger partial charge in [-0.05, 0) is 37.3 Å². The van der Waals surface area contributed by atoms with Crippen molar-refractivity contribution in [2.45, 2.75) is 31.1 Å². The molecule has 172 valence electrons. The second-order valence-corrected chi connectivity index (χ2v) is 7.05. The summed E-state index contributed by atoms with van der Waals surface area (Å²) in [4.78, 5) is 12.9. The van der Waals surface area contributed by atoms with Gasteiger partial charge in [-0.15, -0.1) is 0 Å². The van der Waals surface area contributed by atoms with Crippen LogP contribution in [-0.4, -0.2) is 38.5 Å². The predicted molar refractivity (Wildman–Crippen MR) is 104 cm³/mol. The lowest BCUT2D eigenvalue weighted by molar-refractivity contribution is -0.253. The first-order chi connectivity index (χ1) is 15.0. The first kappa shape index (κ1) is 23.5. The highest BCUT2D eigenvalue weighted by Gasteiger charge is 2.44. The summed E-state index contributed by atoms with van der Waals surface area (Å²) >= 11 is 0. The summed E-state index contributed by atoms with van der Waals surface area (Å²) < 4.78 is 71.0. The maximum absolute atomic E-state index is 14.2. The molecule has 2 atom stereocenters. The van der Waals surface area contributed by atoms with Gasteiger partial charge < -0.3 is 14.9 Å². The predicted octanol–water partition coefficient (Wildman–Crippen LogP) is 3.46. The Morgan fingerprint density at radius 2 is 1.69 bits per heavy atom. The fraction of sp³-hybridized carbons (Fsp3) is 0.286. The van der Waals surface area contributed by atoms with E-state index in [-0.39, 0.29) is 11.3 Å². The number of hydrogen-bond acceptors (Lipinski definition) is 4. The number of imidazole rings is 1. The third-order valence-electron chi connectivity index (χ3n) is 5.12. The zero-order valence-electron chi connectivity index (χ0n) is 16.6. The molecule has 0 saturated heterocycles. The third kappa shape index (κ3) is 4.26. The normalized spacial score (nSPS) is 14.9. The number of aromatic nitrogens is 2. The number of nitrogens with zero attached hydrogens (tertiary/aromatic N) is 2. The van der Waals surface area contributed by atoms with Crippen LogP contribution in [0.5, 0.6) is 5.75 Å². The van der Waals surface area contributed by atoms with Gasteiger partial charge >= 0.3 is 18.2 Å². The molecule has 3 aromatic rings. The van der Waals surface area contributed by atoms with Crippen molar-refractivity contribution >= 4 is 0 Å². The van der Waals surface area contributed by atoms with E-state index in [4.69, 9.17) is 0 Å². The van der Waals surface area contributed by atoms with E-state index < -0.39 is 48.0 Å². The Bertz CT molecular complexity index is 1130. The van der Waals surface area contributed by atoms with Crippen LogP contribution in [0.4, 0.5) is 22.0 Å². The highest BCUT2D eigenvalue weighted by Crippen LogP contribution is 2.34. The lowest BCUT2D eigenvalue weighted by atomic mass is 9.87. The smallest absolute Gasteiger partial charge is 0.428 e. The van der Waals surface area contributed by atoms with Crippen LogP contribution in [0, 0.1) is 5.82 Å². The minimum atomic E-state index is -4.67. The molecule has 2 aromatic carbocycles. The van der Waals surface area contributed by atoms with E-state index >= 15 is 0 Å². The van der Waals surface area contributed by atoms with Gasteiger partial charge in [-0.1, -0.05) is 18.2 Å². The molecule has 0 aliphatic carbocycles. The summed E-state index contributed by atoms with van der Waals surface area (Å²) in [5.74, 6) is -1.30. The summed E-state index contributed by atoms with van der Waals surface area (Å²) in [5, 5.41) is 20.8. The molecular formula is C21H19F5N2O4. The Hall–Kier alpha value is -3.18. The van der Waals surface area contributed by atoms with Crippen molar-refractivity contribution in [3.8, 4) is 11.4 Å². The maximum Gasteiger partial charge on any atom is 0.461 e. The fourth-order valence-electron chi connectivity index (χ4n) is 3.24.